The molecule has 12 heavy (non-hydrogen) atoms. The first-order chi connectivity index (χ1) is 5.54. The highest BCUT2D eigenvalue weighted by Gasteiger charge is 2.06. The van der Waals surface area contributed by atoms with E-state index < -0.39 is 10.4 Å². The van der Waals surface area contributed by atoms with Gasteiger partial charge in [-0.05, 0) is 27.9 Å². The average Bonchev–Trinajstić information content (AvgIpc) is 1.88. The molecule has 5 nitrogen and oxygen atoms in total. The molecular formula is C6H17NO4S. The summed E-state index contributed by atoms with van der Waals surface area (Å²) >= 11 is 0. The lowest BCUT2D eigenvalue weighted by molar-refractivity contribution is 0.231. The minimum Gasteiger partial charge on any atom is -0.323 e. The molecule has 0 radical (unpaired) electrons. The van der Waals surface area contributed by atoms with Crippen LogP contribution in [0, 0.1) is 0 Å². The van der Waals surface area contributed by atoms with Crippen molar-refractivity contribution in [2.75, 3.05) is 27.3 Å². The van der Waals surface area contributed by atoms with Crippen molar-refractivity contribution >= 4 is 10.4 Å². The summed E-state index contributed by atoms with van der Waals surface area (Å²) < 4.78 is 29.2. The van der Waals surface area contributed by atoms with E-state index in [9.17, 15) is 8.42 Å². The summed E-state index contributed by atoms with van der Waals surface area (Å²) in [6.07, 6.45) is 0. The quantitative estimate of drug-likeness (QED) is 0.697. The zero-order chi connectivity index (χ0) is 10.0. The monoisotopic (exact) mass is 199 g/mol. The van der Waals surface area contributed by atoms with E-state index >= 15 is 0 Å². The number of hydrogen-bond donors (Lipinski definition) is 1. The first-order valence-electron chi connectivity index (χ1n) is 3.66. The summed E-state index contributed by atoms with van der Waals surface area (Å²) in [7, 11) is 0.0683. The fourth-order valence-electron chi connectivity index (χ4n) is 0.323. The standard InChI is InChI=1S/C4H10O4S.C2H7N/c1-3-7-9(5,6)8-4-2;1-3-2/h3-4H2,1-2H3;3H,1-2H3. The lowest BCUT2D eigenvalue weighted by Crippen LogP contribution is -2.09. The maximum Gasteiger partial charge on any atom is 0.399 e. The topological polar surface area (TPSA) is 64.6 Å². The highest BCUT2D eigenvalue weighted by atomic mass is 32.3. The maximum atomic E-state index is 10.4. The zero-order valence-electron chi connectivity index (χ0n) is 7.96. The van der Waals surface area contributed by atoms with Gasteiger partial charge in [-0.3, -0.25) is 0 Å². The van der Waals surface area contributed by atoms with E-state index in [2.05, 4.69) is 13.7 Å². The van der Waals surface area contributed by atoms with Crippen LogP contribution in [0.15, 0.2) is 0 Å². The Morgan fingerprint density at radius 3 is 1.50 bits per heavy atom. The van der Waals surface area contributed by atoms with Gasteiger partial charge in [0.15, 0.2) is 0 Å². The fourth-order valence-corrected chi connectivity index (χ4v) is 0.968. The molecule has 6 heteroatoms. The summed E-state index contributed by atoms with van der Waals surface area (Å²) in [6, 6.07) is 0. The second-order valence-corrected chi connectivity index (χ2v) is 3.01. The van der Waals surface area contributed by atoms with Gasteiger partial charge in [-0.1, -0.05) is 0 Å². The Morgan fingerprint density at radius 2 is 1.33 bits per heavy atom. The van der Waals surface area contributed by atoms with Crippen molar-refractivity contribution < 1.29 is 16.8 Å². The number of nitrogens with one attached hydrogen (secondary N) is 1. The van der Waals surface area contributed by atoms with Gasteiger partial charge in [0.1, 0.15) is 0 Å². The molecule has 0 saturated carbocycles. The van der Waals surface area contributed by atoms with Crippen LogP contribution in [-0.2, 0) is 18.8 Å². The molecule has 0 heterocycles. The van der Waals surface area contributed by atoms with Gasteiger partial charge < -0.3 is 5.32 Å². The predicted octanol–water partition coefficient (Wildman–Crippen LogP) is 0.140. The molecule has 0 spiro atoms. The summed E-state index contributed by atoms with van der Waals surface area (Å²) in [5, 5.41) is 2.75. The molecule has 0 fully saturated rings. The average molecular weight is 199 g/mol. The summed E-state index contributed by atoms with van der Waals surface area (Å²) in [5.41, 5.74) is 0. The highest BCUT2D eigenvalue weighted by molar-refractivity contribution is 7.81. The normalized spacial score (nSPS) is 10.3. The van der Waals surface area contributed by atoms with E-state index in [-0.39, 0.29) is 13.2 Å². The van der Waals surface area contributed by atoms with Gasteiger partial charge in [-0.2, -0.15) is 8.42 Å². The lowest BCUT2D eigenvalue weighted by atomic mass is 10.9. The van der Waals surface area contributed by atoms with Crippen LogP contribution in [0.3, 0.4) is 0 Å². The SMILES string of the molecule is CCOS(=O)(=O)OCC.CNC. The zero-order valence-corrected chi connectivity index (χ0v) is 8.77. The van der Waals surface area contributed by atoms with Gasteiger partial charge in [-0.15, -0.1) is 0 Å². The van der Waals surface area contributed by atoms with Crippen LogP contribution < -0.4 is 5.32 Å². The third-order valence-corrected chi connectivity index (χ3v) is 1.57. The minimum absolute atomic E-state index is 0.113. The smallest absolute Gasteiger partial charge is 0.323 e. The predicted molar refractivity (Wildman–Crippen MR) is 47.2 cm³/mol. The summed E-state index contributed by atoms with van der Waals surface area (Å²) in [6.45, 7) is 3.39. The Hall–Kier alpha value is -0.170. The Kier molecular flexibility index (Phi) is 10.7. The van der Waals surface area contributed by atoms with Crippen molar-refractivity contribution in [3.63, 3.8) is 0 Å². The summed E-state index contributed by atoms with van der Waals surface area (Å²) in [5.74, 6) is 0. The number of rotatable bonds is 4. The Labute approximate surface area is 74.4 Å². The molecule has 0 rings (SSSR count). The summed E-state index contributed by atoms with van der Waals surface area (Å²) in [4.78, 5) is 0. The van der Waals surface area contributed by atoms with Crippen LogP contribution in [0.4, 0.5) is 0 Å². The second-order valence-electron chi connectivity index (χ2n) is 1.72. The van der Waals surface area contributed by atoms with Crippen molar-refractivity contribution in [2.24, 2.45) is 0 Å². The van der Waals surface area contributed by atoms with E-state index in [0.29, 0.717) is 0 Å². The van der Waals surface area contributed by atoms with Crippen LogP contribution in [0.5, 0.6) is 0 Å². The van der Waals surface area contributed by atoms with Gasteiger partial charge in [0.2, 0.25) is 0 Å². The van der Waals surface area contributed by atoms with E-state index in [1.165, 1.54) is 0 Å². The third-order valence-electron chi connectivity index (χ3n) is 0.524. The van der Waals surface area contributed by atoms with Gasteiger partial charge in [0.05, 0.1) is 13.2 Å². The van der Waals surface area contributed by atoms with Gasteiger partial charge in [0, 0.05) is 0 Å². The molecule has 0 saturated heterocycles. The fraction of sp³-hybridized carbons (Fsp3) is 1.00. The minimum atomic E-state index is -3.68. The van der Waals surface area contributed by atoms with Crippen LogP contribution in [-0.4, -0.2) is 35.7 Å². The van der Waals surface area contributed by atoms with Crippen molar-refractivity contribution in [3.05, 3.63) is 0 Å². The molecule has 1 N–H and O–H groups in total. The van der Waals surface area contributed by atoms with Crippen LogP contribution in [0.2, 0.25) is 0 Å². The Balaban J connectivity index is 0. The van der Waals surface area contributed by atoms with Crippen molar-refractivity contribution in [3.8, 4) is 0 Å². The van der Waals surface area contributed by atoms with Crippen LogP contribution in [0.25, 0.3) is 0 Å². The van der Waals surface area contributed by atoms with E-state index in [4.69, 9.17) is 0 Å². The van der Waals surface area contributed by atoms with Gasteiger partial charge in [0.25, 0.3) is 0 Å². The highest BCUT2D eigenvalue weighted by Crippen LogP contribution is 1.93. The molecule has 76 valence electrons. The lowest BCUT2D eigenvalue weighted by Gasteiger charge is -1.99. The molecule has 0 atom stereocenters. The molecule has 0 aliphatic heterocycles. The molecule has 0 aliphatic carbocycles. The first-order valence-corrected chi connectivity index (χ1v) is 4.99. The molecule has 0 aromatic heterocycles. The molecule has 0 aromatic rings. The molecule has 0 aromatic carbocycles. The molecule has 0 aliphatic rings. The first kappa shape index (κ1) is 14.4. The van der Waals surface area contributed by atoms with Crippen molar-refractivity contribution in [1.29, 1.82) is 0 Å². The van der Waals surface area contributed by atoms with Crippen molar-refractivity contribution in [1.82, 2.24) is 5.32 Å². The Morgan fingerprint density at radius 1 is 1.08 bits per heavy atom. The molecular weight excluding hydrogens is 182 g/mol. The maximum absolute atomic E-state index is 10.4. The van der Waals surface area contributed by atoms with E-state index in [1.807, 2.05) is 14.1 Å². The number of hydrogen-bond acceptors (Lipinski definition) is 5. The molecule has 0 unspecified atom stereocenters. The van der Waals surface area contributed by atoms with Gasteiger partial charge in [-0.25, -0.2) is 8.37 Å². The van der Waals surface area contributed by atoms with Crippen LogP contribution >= 0.6 is 0 Å². The molecule has 0 bridgehead atoms. The molecule has 0 amide bonds. The van der Waals surface area contributed by atoms with E-state index in [1.54, 1.807) is 13.8 Å². The van der Waals surface area contributed by atoms with E-state index in [0.717, 1.165) is 0 Å². The third kappa shape index (κ3) is 12.5. The van der Waals surface area contributed by atoms with Crippen molar-refractivity contribution in [2.45, 2.75) is 13.8 Å². The Bertz CT molecular complexity index is 154. The second kappa shape index (κ2) is 8.92. The largest absolute Gasteiger partial charge is 0.399 e. The van der Waals surface area contributed by atoms with Gasteiger partial charge >= 0.3 is 10.4 Å². The van der Waals surface area contributed by atoms with Crippen LogP contribution in [0.1, 0.15) is 13.8 Å².